The lowest BCUT2D eigenvalue weighted by Gasteiger charge is -2.43. The van der Waals surface area contributed by atoms with Gasteiger partial charge in [0, 0.05) is 17.8 Å². The predicted molar refractivity (Wildman–Crippen MR) is 122 cm³/mol. The summed E-state index contributed by atoms with van der Waals surface area (Å²) in [5, 5.41) is 11.2. The normalized spacial score (nSPS) is 18.5. The molecule has 4 rings (SSSR count). The van der Waals surface area contributed by atoms with E-state index in [2.05, 4.69) is 6.07 Å². The van der Waals surface area contributed by atoms with Crippen molar-refractivity contribution in [3.63, 3.8) is 0 Å². The molecule has 7 nitrogen and oxygen atoms in total. The van der Waals surface area contributed by atoms with Gasteiger partial charge in [0.05, 0.1) is 24.3 Å². The summed E-state index contributed by atoms with van der Waals surface area (Å²) < 4.78 is 11.5. The molecular formula is C25H29N4O3-. The van der Waals surface area contributed by atoms with Crippen molar-refractivity contribution in [3.05, 3.63) is 52.6 Å². The number of esters is 1. The van der Waals surface area contributed by atoms with Crippen LogP contribution in [-0.2, 0) is 9.47 Å². The number of fused-ring (bicyclic) bond motifs is 1. The zero-order chi connectivity index (χ0) is 22.7. The molecule has 0 radical (unpaired) electrons. The molecule has 0 saturated heterocycles. The molecule has 32 heavy (non-hydrogen) atoms. The molecule has 1 aromatic heterocycles. The van der Waals surface area contributed by atoms with E-state index < -0.39 is 12.2 Å². The van der Waals surface area contributed by atoms with Crippen LogP contribution in [0.4, 0.5) is 5.82 Å². The van der Waals surface area contributed by atoms with Gasteiger partial charge >= 0.3 is 5.97 Å². The van der Waals surface area contributed by atoms with Crippen molar-refractivity contribution in [1.82, 2.24) is 4.98 Å². The Hall–Kier alpha value is -2.95. The van der Waals surface area contributed by atoms with Crippen molar-refractivity contribution in [2.45, 2.75) is 71.2 Å². The lowest BCUT2D eigenvalue weighted by atomic mass is 9.94. The standard InChI is InChI=1S/C25H29N4O3/c1-4-31-25(30)21-14-20(18-12-10-17(15-26)11-13-18)22-23(27-21)29(19-8-6-5-7-9-19)28-24(22)32-16(2)3/h10-14,16,19,24H,4-9H2,1-3H3/q-1. The van der Waals surface area contributed by atoms with E-state index in [1.807, 2.05) is 31.0 Å². The fourth-order valence-electron chi connectivity index (χ4n) is 4.40. The van der Waals surface area contributed by atoms with Gasteiger partial charge in [0.25, 0.3) is 0 Å². The van der Waals surface area contributed by atoms with E-state index in [1.54, 1.807) is 25.1 Å². The van der Waals surface area contributed by atoms with Crippen LogP contribution in [0.25, 0.3) is 16.6 Å². The van der Waals surface area contributed by atoms with Gasteiger partial charge in [0.15, 0.2) is 5.69 Å². The largest absolute Gasteiger partial charge is 0.537 e. The molecule has 2 aromatic rings. The van der Waals surface area contributed by atoms with E-state index in [-0.39, 0.29) is 24.4 Å². The monoisotopic (exact) mass is 433 g/mol. The Kier molecular flexibility index (Phi) is 6.73. The predicted octanol–water partition coefficient (Wildman–Crippen LogP) is 5.66. The lowest BCUT2D eigenvalue weighted by Crippen LogP contribution is -2.32. The molecule has 1 aliphatic heterocycles. The summed E-state index contributed by atoms with van der Waals surface area (Å²) in [6, 6.07) is 11.5. The number of pyridine rings is 1. The zero-order valence-corrected chi connectivity index (χ0v) is 18.9. The van der Waals surface area contributed by atoms with Crippen LogP contribution in [0.5, 0.6) is 0 Å². The van der Waals surface area contributed by atoms with Crippen molar-refractivity contribution in [3.8, 4) is 17.2 Å². The highest BCUT2D eigenvalue weighted by molar-refractivity contribution is 5.91. The summed E-state index contributed by atoms with van der Waals surface area (Å²) in [5.74, 6) is 0.217. The van der Waals surface area contributed by atoms with Gasteiger partial charge in [-0.15, -0.1) is 0 Å². The third-order valence-corrected chi connectivity index (χ3v) is 5.86. The quantitative estimate of drug-likeness (QED) is 0.546. The topological polar surface area (TPSA) is 89.5 Å². The van der Waals surface area contributed by atoms with Crippen LogP contribution in [0.2, 0.25) is 0 Å². The molecule has 1 unspecified atom stereocenters. The first-order valence-corrected chi connectivity index (χ1v) is 11.4. The van der Waals surface area contributed by atoms with Gasteiger partial charge in [-0.25, -0.2) is 9.78 Å². The third-order valence-electron chi connectivity index (χ3n) is 5.86. The first-order chi connectivity index (χ1) is 15.5. The molecule has 1 aromatic carbocycles. The second-order valence-corrected chi connectivity index (χ2v) is 8.49. The van der Waals surface area contributed by atoms with Gasteiger partial charge in [0.2, 0.25) is 0 Å². The second kappa shape index (κ2) is 9.68. The maximum Gasteiger partial charge on any atom is 0.357 e. The maximum atomic E-state index is 12.7. The average molecular weight is 434 g/mol. The molecule has 168 valence electrons. The summed E-state index contributed by atoms with van der Waals surface area (Å²) in [5.41, 5.74) is 8.34. The van der Waals surface area contributed by atoms with Gasteiger partial charge < -0.3 is 19.9 Å². The Morgan fingerprint density at radius 2 is 1.97 bits per heavy atom. The summed E-state index contributed by atoms with van der Waals surface area (Å²) in [6.45, 7) is 6.03. The molecule has 1 atom stereocenters. The first-order valence-electron chi connectivity index (χ1n) is 11.4. The number of aromatic nitrogens is 1. The highest BCUT2D eigenvalue weighted by atomic mass is 16.5. The van der Waals surface area contributed by atoms with Crippen LogP contribution in [0.1, 0.15) is 80.7 Å². The fraction of sp³-hybridized carbons (Fsp3) is 0.480. The SMILES string of the molecule is CCOC(=O)c1cc(-c2ccc(C#N)cc2)c2c(n1)N(C1CCCCC1)[N-]C2OC(C)C. The number of hydrogen-bond donors (Lipinski definition) is 0. The highest BCUT2D eigenvalue weighted by Crippen LogP contribution is 2.49. The van der Waals surface area contributed by atoms with Crippen molar-refractivity contribution < 1.29 is 14.3 Å². The van der Waals surface area contributed by atoms with Crippen molar-refractivity contribution in [1.29, 1.82) is 5.26 Å². The van der Waals surface area contributed by atoms with Gasteiger partial charge in [0.1, 0.15) is 5.82 Å². The summed E-state index contributed by atoms with van der Waals surface area (Å²) >= 11 is 0. The Balaban J connectivity index is 1.87. The average Bonchev–Trinajstić information content (AvgIpc) is 3.17. The number of anilines is 1. The van der Waals surface area contributed by atoms with Crippen molar-refractivity contribution in [2.75, 3.05) is 11.6 Å². The van der Waals surface area contributed by atoms with Gasteiger partial charge in [-0.3, -0.25) is 0 Å². The van der Waals surface area contributed by atoms with Gasteiger partial charge in [-0.1, -0.05) is 31.4 Å². The molecular weight excluding hydrogens is 404 g/mol. The molecule has 1 saturated carbocycles. The molecule has 7 heteroatoms. The first kappa shape index (κ1) is 22.3. The molecule has 2 heterocycles. The van der Waals surface area contributed by atoms with Gasteiger partial charge in [-0.05, 0) is 62.9 Å². The number of carbonyl (C=O) groups is 1. The summed E-state index contributed by atoms with van der Waals surface area (Å²) in [4.78, 5) is 17.4. The Morgan fingerprint density at radius 1 is 1.25 bits per heavy atom. The zero-order valence-electron chi connectivity index (χ0n) is 18.9. The summed E-state index contributed by atoms with van der Waals surface area (Å²) in [6.07, 6.45) is 5.09. The van der Waals surface area contributed by atoms with Crippen LogP contribution >= 0.6 is 0 Å². The number of ether oxygens (including phenoxy) is 2. The number of benzene rings is 1. The van der Waals surface area contributed by atoms with E-state index >= 15 is 0 Å². The minimum absolute atomic E-state index is 0.0264. The minimum atomic E-state index is -0.499. The maximum absolute atomic E-state index is 12.7. The second-order valence-electron chi connectivity index (χ2n) is 8.49. The molecule has 1 fully saturated rings. The van der Waals surface area contributed by atoms with E-state index in [9.17, 15) is 10.1 Å². The molecule has 0 bridgehead atoms. The Morgan fingerprint density at radius 3 is 2.59 bits per heavy atom. The molecule has 1 aliphatic carbocycles. The number of nitrogens with zero attached hydrogens (tertiary/aromatic N) is 4. The molecule has 0 N–H and O–H groups in total. The minimum Gasteiger partial charge on any atom is -0.537 e. The molecule has 2 aliphatic rings. The van der Waals surface area contributed by atoms with Crippen LogP contribution in [0.15, 0.2) is 30.3 Å². The Bertz CT molecular complexity index is 1010. The molecule has 0 spiro atoms. The van der Waals surface area contributed by atoms with Crippen LogP contribution in [0.3, 0.4) is 0 Å². The van der Waals surface area contributed by atoms with E-state index in [0.29, 0.717) is 11.4 Å². The van der Waals surface area contributed by atoms with Crippen LogP contribution < -0.4 is 5.01 Å². The van der Waals surface area contributed by atoms with E-state index in [4.69, 9.17) is 19.9 Å². The summed E-state index contributed by atoms with van der Waals surface area (Å²) in [7, 11) is 0. The lowest BCUT2D eigenvalue weighted by molar-refractivity contribution is 0.0304. The van der Waals surface area contributed by atoms with Crippen molar-refractivity contribution >= 4 is 11.8 Å². The number of nitriles is 1. The van der Waals surface area contributed by atoms with Crippen LogP contribution in [0, 0.1) is 11.3 Å². The number of rotatable bonds is 6. The fourth-order valence-corrected chi connectivity index (χ4v) is 4.40. The number of carbonyl (C=O) groups excluding carboxylic acids is 1. The van der Waals surface area contributed by atoms with Crippen LogP contribution in [-0.4, -0.2) is 29.7 Å². The smallest absolute Gasteiger partial charge is 0.357 e. The highest BCUT2D eigenvalue weighted by Gasteiger charge is 2.31. The van der Waals surface area contributed by atoms with E-state index in [0.717, 1.165) is 42.4 Å². The Labute approximate surface area is 189 Å². The van der Waals surface area contributed by atoms with E-state index in [1.165, 1.54) is 6.42 Å². The number of hydrogen-bond acceptors (Lipinski definition) is 6. The van der Waals surface area contributed by atoms with Crippen molar-refractivity contribution in [2.24, 2.45) is 0 Å². The van der Waals surface area contributed by atoms with Gasteiger partial charge in [-0.2, -0.15) is 5.26 Å². The third kappa shape index (κ3) is 4.47. The molecule has 0 amide bonds.